The Morgan fingerprint density at radius 3 is 2.70 bits per heavy atom. The van der Waals surface area contributed by atoms with Crippen LogP contribution in [0.3, 0.4) is 0 Å². The molecule has 0 bridgehead atoms. The lowest BCUT2D eigenvalue weighted by Crippen LogP contribution is -2.49. The number of benzene rings is 1. The molecule has 1 amide bonds. The van der Waals surface area contributed by atoms with Crippen molar-refractivity contribution in [1.29, 1.82) is 0 Å². The highest BCUT2D eigenvalue weighted by Crippen LogP contribution is 2.24. The third-order valence-electron chi connectivity index (χ3n) is 4.56. The summed E-state index contributed by atoms with van der Waals surface area (Å²) >= 11 is 1.43. The van der Waals surface area contributed by atoms with E-state index in [1.54, 1.807) is 12.3 Å². The van der Waals surface area contributed by atoms with Crippen molar-refractivity contribution in [2.45, 2.75) is 6.42 Å². The van der Waals surface area contributed by atoms with Crippen molar-refractivity contribution in [2.24, 2.45) is 0 Å². The molecular weight excluding hydrogens is 363 g/mol. The predicted molar refractivity (Wildman–Crippen MR) is 104 cm³/mol. The van der Waals surface area contributed by atoms with Crippen molar-refractivity contribution in [3.05, 3.63) is 65.6 Å². The molecule has 0 unspecified atom stereocenters. The van der Waals surface area contributed by atoms with E-state index in [2.05, 4.69) is 14.9 Å². The largest absolute Gasteiger partial charge is 0.353 e. The van der Waals surface area contributed by atoms with Crippen molar-refractivity contribution >= 4 is 23.1 Å². The van der Waals surface area contributed by atoms with Crippen LogP contribution in [0.15, 0.2) is 54.0 Å². The zero-order valence-corrected chi connectivity index (χ0v) is 15.5. The van der Waals surface area contributed by atoms with Crippen LogP contribution in [0.2, 0.25) is 0 Å². The van der Waals surface area contributed by atoms with Gasteiger partial charge in [-0.05, 0) is 24.3 Å². The molecular formula is C20H19FN4OS. The molecule has 138 valence electrons. The molecule has 0 atom stereocenters. The Hall–Kier alpha value is -2.80. The predicted octanol–water partition coefficient (Wildman–Crippen LogP) is 3.24. The molecule has 0 spiro atoms. The first-order chi connectivity index (χ1) is 13.2. The van der Waals surface area contributed by atoms with Gasteiger partial charge < -0.3 is 9.80 Å². The summed E-state index contributed by atoms with van der Waals surface area (Å²) in [5.74, 6) is 0.738. The van der Waals surface area contributed by atoms with E-state index in [1.165, 1.54) is 23.5 Å². The minimum Gasteiger partial charge on any atom is -0.353 e. The summed E-state index contributed by atoms with van der Waals surface area (Å²) in [7, 11) is 0. The van der Waals surface area contributed by atoms with Gasteiger partial charge in [0, 0.05) is 43.3 Å². The summed E-state index contributed by atoms with van der Waals surface area (Å²) in [5.41, 5.74) is 1.47. The Morgan fingerprint density at radius 2 is 1.96 bits per heavy atom. The molecule has 7 heteroatoms. The third-order valence-corrected chi connectivity index (χ3v) is 5.50. The normalized spacial score (nSPS) is 14.4. The molecule has 3 aromatic rings. The number of hydrogen-bond acceptors (Lipinski definition) is 5. The average Bonchev–Trinajstić information content (AvgIpc) is 3.17. The SMILES string of the molecule is O=C(Cc1csc(-c2cccc(F)c2)n1)N1CCN(c2ccccn2)CC1. The van der Waals surface area contributed by atoms with Gasteiger partial charge in [0.1, 0.15) is 16.6 Å². The first-order valence-corrected chi connectivity index (χ1v) is 9.71. The van der Waals surface area contributed by atoms with Gasteiger partial charge in [-0.3, -0.25) is 4.79 Å². The van der Waals surface area contributed by atoms with E-state index < -0.39 is 0 Å². The molecule has 0 radical (unpaired) electrons. The molecule has 3 heterocycles. The molecule has 4 rings (SSSR count). The first kappa shape index (κ1) is 17.6. The third kappa shape index (κ3) is 4.14. The van der Waals surface area contributed by atoms with Crippen molar-refractivity contribution < 1.29 is 9.18 Å². The highest BCUT2D eigenvalue weighted by molar-refractivity contribution is 7.13. The molecule has 2 aromatic heterocycles. The summed E-state index contributed by atoms with van der Waals surface area (Å²) in [4.78, 5) is 25.5. The van der Waals surface area contributed by atoms with Gasteiger partial charge in [-0.1, -0.05) is 18.2 Å². The minimum atomic E-state index is -0.286. The molecule has 1 fully saturated rings. The number of aromatic nitrogens is 2. The fourth-order valence-electron chi connectivity index (χ4n) is 3.13. The van der Waals surface area contributed by atoms with Crippen LogP contribution in [0.1, 0.15) is 5.69 Å². The van der Waals surface area contributed by atoms with Gasteiger partial charge in [-0.15, -0.1) is 11.3 Å². The minimum absolute atomic E-state index is 0.0757. The fourth-order valence-corrected chi connectivity index (χ4v) is 3.95. The molecule has 0 aliphatic carbocycles. The van der Waals surface area contributed by atoms with E-state index in [0.717, 1.165) is 35.2 Å². The molecule has 27 heavy (non-hydrogen) atoms. The Balaban J connectivity index is 1.35. The number of piperazine rings is 1. The standard InChI is InChI=1S/C20H19FN4OS/c21-16-5-3-4-15(12-16)20-23-17(14-27-20)13-19(26)25-10-8-24(9-11-25)18-6-1-2-7-22-18/h1-7,12,14H,8-11,13H2. The lowest BCUT2D eigenvalue weighted by molar-refractivity contribution is -0.130. The number of carbonyl (C=O) groups is 1. The Kier molecular flexibility index (Phi) is 5.11. The van der Waals surface area contributed by atoms with Gasteiger partial charge in [0.2, 0.25) is 5.91 Å². The summed E-state index contributed by atoms with van der Waals surface area (Å²) in [6.45, 7) is 2.90. The maximum atomic E-state index is 13.4. The number of thiazole rings is 1. The number of halogens is 1. The molecule has 1 aromatic carbocycles. The lowest BCUT2D eigenvalue weighted by Gasteiger charge is -2.35. The van der Waals surface area contributed by atoms with Crippen molar-refractivity contribution in [2.75, 3.05) is 31.1 Å². The summed E-state index contributed by atoms with van der Waals surface area (Å²) < 4.78 is 13.4. The zero-order valence-electron chi connectivity index (χ0n) is 14.7. The van der Waals surface area contributed by atoms with E-state index in [9.17, 15) is 9.18 Å². The number of anilines is 1. The van der Waals surface area contributed by atoms with Crippen molar-refractivity contribution in [1.82, 2.24) is 14.9 Å². The summed E-state index contributed by atoms with van der Waals surface area (Å²) in [6, 6.07) is 12.2. The number of rotatable bonds is 4. The summed E-state index contributed by atoms with van der Waals surface area (Å²) in [6.07, 6.45) is 2.06. The Labute approximate surface area is 161 Å². The Morgan fingerprint density at radius 1 is 1.11 bits per heavy atom. The average molecular weight is 382 g/mol. The number of nitrogens with zero attached hydrogens (tertiary/aromatic N) is 4. The second kappa shape index (κ2) is 7.84. The maximum Gasteiger partial charge on any atom is 0.228 e. The van der Waals surface area contributed by atoms with Gasteiger partial charge in [-0.2, -0.15) is 0 Å². The van der Waals surface area contributed by atoms with Gasteiger partial charge in [-0.25, -0.2) is 14.4 Å². The molecule has 1 saturated heterocycles. The van der Waals surface area contributed by atoms with Crippen molar-refractivity contribution in [3.63, 3.8) is 0 Å². The van der Waals surface area contributed by atoms with Crippen LogP contribution in [-0.2, 0) is 11.2 Å². The van der Waals surface area contributed by atoms with Crippen LogP contribution < -0.4 is 4.90 Å². The summed E-state index contributed by atoms with van der Waals surface area (Å²) in [5, 5.41) is 2.61. The molecule has 0 N–H and O–H groups in total. The second-order valence-electron chi connectivity index (χ2n) is 6.39. The Bertz CT molecular complexity index is 922. The number of pyridine rings is 1. The van der Waals surface area contributed by atoms with E-state index in [-0.39, 0.29) is 18.1 Å². The van der Waals surface area contributed by atoms with E-state index in [0.29, 0.717) is 13.1 Å². The monoisotopic (exact) mass is 382 g/mol. The number of carbonyl (C=O) groups excluding carboxylic acids is 1. The highest BCUT2D eigenvalue weighted by Gasteiger charge is 2.22. The smallest absolute Gasteiger partial charge is 0.228 e. The van der Waals surface area contributed by atoms with Gasteiger partial charge in [0.05, 0.1) is 12.1 Å². The van der Waals surface area contributed by atoms with Gasteiger partial charge in [0.25, 0.3) is 0 Å². The van der Waals surface area contributed by atoms with Crippen LogP contribution in [0.4, 0.5) is 10.2 Å². The lowest BCUT2D eigenvalue weighted by atomic mass is 10.2. The van der Waals surface area contributed by atoms with Crippen LogP contribution in [0.25, 0.3) is 10.6 Å². The molecule has 1 aliphatic heterocycles. The quantitative estimate of drug-likeness (QED) is 0.695. The van der Waals surface area contributed by atoms with E-state index in [1.807, 2.05) is 34.5 Å². The fraction of sp³-hybridized carbons (Fsp3) is 0.250. The zero-order chi connectivity index (χ0) is 18.6. The second-order valence-corrected chi connectivity index (χ2v) is 7.24. The van der Waals surface area contributed by atoms with Crippen molar-refractivity contribution in [3.8, 4) is 10.6 Å². The molecule has 0 saturated carbocycles. The highest BCUT2D eigenvalue weighted by atomic mass is 32.1. The van der Waals surface area contributed by atoms with Gasteiger partial charge >= 0.3 is 0 Å². The van der Waals surface area contributed by atoms with Gasteiger partial charge in [0.15, 0.2) is 0 Å². The van der Waals surface area contributed by atoms with Crippen LogP contribution in [0, 0.1) is 5.82 Å². The molecule has 5 nitrogen and oxygen atoms in total. The maximum absolute atomic E-state index is 13.4. The van der Waals surface area contributed by atoms with E-state index >= 15 is 0 Å². The number of amides is 1. The van der Waals surface area contributed by atoms with Crippen LogP contribution in [-0.4, -0.2) is 47.0 Å². The van der Waals surface area contributed by atoms with Crippen LogP contribution in [0.5, 0.6) is 0 Å². The first-order valence-electron chi connectivity index (χ1n) is 8.83. The molecule has 1 aliphatic rings. The van der Waals surface area contributed by atoms with E-state index in [4.69, 9.17) is 0 Å². The topological polar surface area (TPSA) is 49.3 Å². The van der Waals surface area contributed by atoms with Crippen LogP contribution >= 0.6 is 11.3 Å². The number of hydrogen-bond donors (Lipinski definition) is 0.